The van der Waals surface area contributed by atoms with E-state index in [4.69, 9.17) is 4.74 Å². The summed E-state index contributed by atoms with van der Waals surface area (Å²) in [5, 5.41) is 3.30. The van der Waals surface area contributed by atoms with Gasteiger partial charge in [-0.1, -0.05) is 85.3 Å². The van der Waals surface area contributed by atoms with Crippen molar-refractivity contribution in [2.24, 2.45) is 0 Å². The fourth-order valence-electron chi connectivity index (χ4n) is 5.79. The molecule has 0 saturated carbocycles. The largest absolute Gasteiger partial charge is 0.460 e. The molecular formula is C36H46N2O3. The van der Waals surface area contributed by atoms with Crippen molar-refractivity contribution < 1.29 is 14.3 Å². The van der Waals surface area contributed by atoms with Gasteiger partial charge in [-0.15, -0.1) is 0 Å². The van der Waals surface area contributed by atoms with Crippen molar-refractivity contribution in [3.05, 3.63) is 95.6 Å². The van der Waals surface area contributed by atoms with Crippen molar-refractivity contribution in [2.75, 3.05) is 19.6 Å². The Hall–Kier alpha value is -3.44. The van der Waals surface area contributed by atoms with Gasteiger partial charge in [-0.25, -0.2) is 0 Å². The van der Waals surface area contributed by atoms with Crippen molar-refractivity contribution in [3.8, 4) is 11.1 Å². The molecule has 1 fully saturated rings. The molecule has 0 spiro atoms. The van der Waals surface area contributed by atoms with Gasteiger partial charge in [-0.05, 0) is 82.7 Å². The number of hydrogen-bond donors (Lipinski definition) is 1. The van der Waals surface area contributed by atoms with Crippen molar-refractivity contribution in [1.82, 2.24) is 10.2 Å². The lowest BCUT2D eigenvalue weighted by Crippen LogP contribution is -2.45. The lowest BCUT2D eigenvalue weighted by molar-refractivity contribution is -0.156. The Morgan fingerprint density at radius 2 is 1.51 bits per heavy atom. The van der Waals surface area contributed by atoms with Crippen molar-refractivity contribution in [2.45, 2.75) is 83.8 Å². The van der Waals surface area contributed by atoms with Crippen LogP contribution in [0.25, 0.3) is 11.1 Å². The van der Waals surface area contributed by atoms with Crippen LogP contribution in [0.3, 0.4) is 0 Å². The molecule has 0 bridgehead atoms. The lowest BCUT2D eigenvalue weighted by Gasteiger charge is -2.34. The smallest absolute Gasteiger partial charge is 0.307 e. The molecule has 1 saturated heterocycles. The van der Waals surface area contributed by atoms with Gasteiger partial charge in [0.05, 0.1) is 6.42 Å². The van der Waals surface area contributed by atoms with Crippen molar-refractivity contribution in [3.63, 3.8) is 0 Å². The van der Waals surface area contributed by atoms with Crippen molar-refractivity contribution in [1.29, 1.82) is 0 Å². The first-order valence-corrected chi connectivity index (χ1v) is 15.0. The highest BCUT2D eigenvalue weighted by molar-refractivity contribution is 6.01. The zero-order chi connectivity index (χ0) is 29.5. The number of likely N-dealkylation sites (tertiary alicyclic amines) is 1. The van der Waals surface area contributed by atoms with E-state index < -0.39 is 5.60 Å². The number of carbonyl (C=O) groups is 2. The van der Waals surface area contributed by atoms with Gasteiger partial charge in [-0.3, -0.25) is 9.59 Å². The first kappa shape index (κ1) is 30.5. The van der Waals surface area contributed by atoms with Gasteiger partial charge in [0.2, 0.25) is 0 Å². The highest BCUT2D eigenvalue weighted by Crippen LogP contribution is 2.34. The van der Waals surface area contributed by atoms with Crippen LogP contribution in [-0.4, -0.2) is 48.1 Å². The summed E-state index contributed by atoms with van der Waals surface area (Å²) in [6.07, 6.45) is 4.14. The Bertz CT molecular complexity index is 1290. The highest BCUT2D eigenvalue weighted by atomic mass is 16.6. The summed E-state index contributed by atoms with van der Waals surface area (Å²) in [6.45, 7) is 12.9. The third-order valence-corrected chi connectivity index (χ3v) is 8.09. The molecule has 218 valence electrons. The van der Waals surface area contributed by atoms with E-state index in [-0.39, 0.29) is 23.3 Å². The molecule has 5 nitrogen and oxygen atoms in total. The first-order chi connectivity index (χ1) is 19.5. The zero-order valence-corrected chi connectivity index (χ0v) is 25.4. The first-order valence-electron chi connectivity index (χ1n) is 15.0. The molecule has 5 heteroatoms. The molecule has 1 N–H and O–H groups in total. The molecule has 3 aromatic rings. The quantitative estimate of drug-likeness (QED) is 0.267. The van der Waals surface area contributed by atoms with E-state index in [9.17, 15) is 9.59 Å². The third-order valence-electron chi connectivity index (χ3n) is 8.09. The maximum atomic E-state index is 13.3. The maximum absolute atomic E-state index is 13.3. The molecule has 1 unspecified atom stereocenters. The summed E-state index contributed by atoms with van der Waals surface area (Å²) in [5.41, 5.74) is 4.37. The highest BCUT2D eigenvalue weighted by Gasteiger charge is 2.32. The van der Waals surface area contributed by atoms with E-state index in [1.165, 1.54) is 11.1 Å². The minimum absolute atomic E-state index is 0.000366. The van der Waals surface area contributed by atoms with Crippen LogP contribution >= 0.6 is 0 Å². The number of carbonyl (C=O) groups excluding carboxylic acids is 2. The van der Waals surface area contributed by atoms with Gasteiger partial charge >= 0.3 is 5.97 Å². The normalized spacial score (nSPS) is 16.1. The van der Waals surface area contributed by atoms with E-state index in [0.29, 0.717) is 6.42 Å². The standard InChI is InChI=1S/C36H46N2O3/c1-27-16-18-28(19-17-27)31-14-9-10-15-32(31)34(40)37-30-20-24-38(25-21-30)23-11-22-36(5,29-12-7-6-8-13-29)26-33(39)41-35(2,3)4/h6-10,12-19,30H,11,20-26H2,1-5H3,(H,37,40). The number of piperidine rings is 1. The van der Waals surface area contributed by atoms with Gasteiger partial charge in [0.25, 0.3) is 5.91 Å². The van der Waals surface area contributed by atoms with Gasteiger partial charge in [0.1, 0.15) is 5.60 Å². The van der Waals surface area contributed by atoms with Gasteiger partial charge in [0.15, 0.2) is 0 Å². The second-order valence-electron chi connectivity index (χ2n) is 12.8. The summed E-state index contributed by atoms with van der Waals surface area (Å²) in [5.74, 6) is -0.148. The number of nitrogens with one attached hydrogen (secondary N) is 1. The van der Waals surface area contributed by atoms with Crippen LogP contribution in [0.5, 0.6) is 0 Å². The number of amides is 1. The van der Waals surface area contributed by atoms with E-state index in [1.807, 2.05) is 63.2 Å². The SMILES string of the molecule is Cc1ccc(-c2ccccc2C(=O)NC2CCN(CCCC(C)(CC(=O)OC(C)(C)C)c3ccccc3)CC2)cc1. The maximum Gasteiger partial charge on any atom is 0.307 e. The van der Waals surface area contributed by atoms with E-state index >= 15 is 0 Å². The van der Waals surface area contributed by atoms with Crippen LogP contribution < -0.4 is 5.32 Å². The Morgan fingerprint density at radius 3 is 2.17 bits per heavy atom. The summed E-state index contributed by atoms with van der Waals surface area (Å²) < 4.78 is 5.68. The average Bonchev–Trinajstić information content (AvgIpc) is 2.94. The molecule has 1 aliphatic heterocycles. The molecule has 1 aliphatic rings. The minimum Gasteiger partial charge on any atom is -0.460 e. The second-order valence-corrected chi connectivity index (χ2v) is 12.8. The molecule has 3 aromatic carbocycles. The number of hydrogen-bond acceptors (Lipinski definition) is 4. The Balaban J connectivity index is 1.29. The second kappa shape index (κ2) is 13.5. The summed E-state index contributed by atoms with van der Waals surface area (Å²) >= 11 is 0. The topological polar surface area (TPSA) is 58.6 Å². The number of benzene rings is 3. The van der Waals surface area contributed by atoms with Crippen LogP contribution in [0.4, 0.5) is 0 Å². The predicted molar refractivity (Wildman–Crippen MR) is 167 cm³/mol. The molecule has 0 radical (unpaired) electrons. The molecule has 1 amide bonds. The summed E-state index contributed by atoms with van der Waals surface area (Å²) in [7, 11) is 0. The third kappa shape index (κ3) is 8.77. The zero-order valence-electron chi connectivity index (χ0n) is 25.4. The summed E-state index contributed by atoms with van der Waals surface area (Å²) in [4.78, 5) is 28.6. The van der Waals surface area contributed by atoms with Crippen LogP contribution in [0.2, 0.25) is 0 Å². The average molecular weight is 555 g/mol. The van der Waals surface area contributed by atoms with E-state index in [1.54, 1.807) is 0 Å². The number of esters is 1. The Labute approximate surface area is 246 Å². The van der Waals surface area contributed by atoms with E-state index in [2.05, 4.69) is 60.5 Å². The van der Waals surface area contributed by atoms with Crippen LogP contribution in [-0.2, 0) is 14.9 Å². The number of ether oxygens (including phenoxy) is 1. The van der Waals surface area contributed by atoms with E-state index in [0.717, 1.165) is 62.0 Å². The van der Waals surface area contributed by atoms with Crippen LogP contribution in [0.15, 0.2) is 78.9 Å². The number of nitrogens with zero attached hydrogens (tertiary/aromatic N) is 1. The molecule has 0 aliphatic carbocycles. The Kier molecular flexibility index (Phi) is 10.0. The minimum atomic E-state index is -0.489. The predicted octanol–water partition coefficient (Wildman–Crippen LogP) is 7.33. The Morgan fingerprint density at radius 1 is 0.878 bits per heavy atom. The van der Waals surface area contributed by atoms with Crippen LogP contribution in [0, 0.1) is 6.92 Å². The van der Waals surface area contributed by atoms with Crippen molar-refractivity contribution >= 4 is 11.9 Å². The number of rotatable bonds is 10. The molecule has 1 atom stereocenters. The van der Waals surface area contributed by atoms with Gasteiger partial charge < -0.3 is 15.0 Å². The van der Waals surface area contributed by atoms with Gasteiger partial charge in [-0.2, -0.15) is 0 Å². The van der Waals surface area contributed by atoms with Crippen LogP contribution in [0.1, 0.15) is 81.3 Å². The fraction of sp³-hybridized carbons (Fsp3) is 0.444. The molecule has 41 heavy (non-hydrogen) atoms. The monoisotopic (exact) mass is 554 g/mol. The molecule has 4 rings (SSSR count). The molecule has 0 aromatic heterocycles. The number of aryl methyl sites for hydroxylation is 1. The van der Waals surface area contributed by atoms with Gasteiger partial charge in [0, 0.05) is 30.1 Å². The molecule has 1 heterocycles. The lowest BCUT2D eigenvalue weighted by atomic mass is 9.75. The molecular weight excluding hydrogens is 508 g/mol. The summed E-state index contributed by atoms with van der Waals surface area (Å²) in [6, 6.07) is 26.7. The fourth-order valence-corrected chi connectivity index (χ4v) is 5.79.